The number of anilines is 1. The van der Waals surface area contributed by atoms with Gasteiger partial charge < -0.3 is 10.2 Å². The maximum atomic E-state index is 12.0. The first-order valence-corrected chi connectivity index (χ1v) is 5.68. The van der Waals surface area contributed by atoms with Crippen LogP contribution in [-0.4, -0.2) is 27.6 Å². The topological polar surface area (TPSA) is 73.1 Å². The Morgan fingerprint density at radius 2 is 1.72 bits per heavy atom. The molecule has 1 amide bonds. The minimum absolute atomic E-state index is 0.0452. The Morgan fingerprint density at radius 1 is 1.17 bits per heavy atom. The van der Waals surface area contributed by atoms with Gasteiger partial charge in [-0.15, -0.1) is 0 Å². The highest BCUT2D eigenvalue weighted by atomic mass is 16.5. The van der Waals surface area contributed by atoms with Crippen LogP contribution >= 0.6 is 0 Å². The molecule has 1 aromatic rings. The summed E-state index contributed by atoms with van der Waals surface area (Å²) in [5.41, 5.74) is -0.0547. The number of carbonyl (C=O) groups is 1. The third-order valence-electron chi connectivity index (χ3n) is 2.73. The van der Waals surface area contributed by atoms with Gasteiger partial charge in [-0.05, 0) is 12.1 Å². The van der Waals surface area contributed by atoms with Crippen LogP contribution in [0, 0.1) is 5.41 Å². The van der Waals surface area contributed by atoms with Crippen LogP contribution in [0.2, 0.25) is 0 Å². The van der Waals surface area contributed by atoms with Crippen molar-refractivity contribution in [3.05, 3.63) is 30.3 Å². The van der Waals surface area contributed by atoms with E-state index in [2.05, 4.69) is 5.10 Å². The van der Waals surface area contributed by atoms with Crippen LogP contribution in [0.4, 0.5) is 5.69 Å². The summed E-state index contributed by atoms with van der Waals surface area (Å²) in [4.78, 5) is 12.0. The molecule has 0 radical (unpaired) electrons. The van der Waals surface area contributed by atoms with E-state index < -0.39 is 17.1 Å². The molecule has 18 heavy (non-hydrogen) atoms. The molecule has 1 aliphatic heterocycles. The summed E-state index contributed by atoms with van der Waals surface area (Å²) in [7, 11) is 0. The normalized spacial score (nSPS) is 19.1. The number of para-hydroxylation sites is 1. The molecule has 0 aliphatic carbocycles. The van der Waals surface area contributed by atoms with Crippen molar-refractivity contribution in [3.63, 3.8) is 0 Å². The van der Waals surface area contributed by atoms with Crippen molar-refractivity contribution in [2.45, 2.75) is 26.6 Å². The Bertz CT molecular complexity index is 501. The van der Waals surface area contributed by atoms with Crippen molar-refractivity contribution in [1.82, 2.24) is 0 Å². The van der Waals surface area contributed by atoms with E-state index in [4.69, 9.17) is 0 Å². The van der Waals surface area contributed by atoms with Crippen molar-refractivity contribution in [2.24, 2.45) is 10.5 Å². The molecule has 96 valence electrons. The van der Waals surface area contributed by atoms with Gasteiger partial charge in [0.2, 0.25) is 0 Å². The molecular formula is C13H16N2O3. The van der Waals surface area contributed by atoms with Crippen LogP contribution in [0.5, 0.6) is 0 Å². The van der Waals surface area contributed by atoms with Gasteiger partial charge >= 0.3 is 5.91 Å². The van der Waals surface area contributed by atoms with Gasteiger partial charge in [-0.25, -0.2) is 0 Å². The largest absolute Gasteiger partial charge is 0.353 e. The fourth-order valence-electron chi connectivity index (χ4n) is 1.88. The number of aliphatic hydroxyl groups is 2. The number of rotatable bonds is 1. The van der Waals surface area contributed by atoms with Crippen molar-refractivity contribution in [3.8, 4) is 0 Å². The summed E-state index contributed by atoms with van der Waals surface area (Å²) in [5.74, 6) is -3.38. The third-order valence-corrected chi connectivity index (χ3v) is 2.73. The number of carbonyl (C=O) groups excluding carboxylic acids is 1. The summed E-state index contributed by atoms with van der Waals surface area (Å²) in [6.07, 6.45) is 0. The number of benzene rings is 1. The molecule has 0 bridgehead atoms. The van der Waals surface area contributed by atoms with Gasteiger partial charge in [-0.1, -0.05) is 39.0 Å². The highest BCUT2D eigenvalue weighted by Crippen LogP contribution is 2.32. The minimum Gasteiger partial charge on any atom is -0.353 e. The third kappa shape index (κ3) is 1.91. The second kappa shape index (κ2) is 3.90. The average Bonchev–Trinajstić information content (AvgIpc) is 2.52. The molecule has 0 spiro atoms. The molecule has 1 aliphatic rings. The molecule has 0 aromatic heterocycles. The molecule has 1 heterocycles. The van der Waals surface area contributed by atoms with Crippen LogP contribution in [0.25, 0.3) is 0 Å². The number of amides is 1. The van der Waals surface area contributed by atoms with Gasteiger partial charge in [0.05, 0.1) is 5.69 Å². The van der Waals surface area contributed by atoms with Crippen molar-refractivity contribution in [2.75, 3.05) is 5.01 Å². The van der Waals surface area contributed by atoms with E-state index in [1.165, 1.54) is 0 Å². The van der Waals surface area contributed by atoms with Crippen molar-refractivity contribution >= 4 is 17.3 Å². The Hall–Kier alpha value is -1.72. The Morgan fingerprint density at radius 3 is 2.17 bits per heavy atom. The van der Waals surface area contributed by atoms with Crippen LogP contribution in [0.1, 0.15) is 20.8 Å². The van der Waals surface area contributed by atoms with Crippen LogP contribution in [0.15, 0.2) is 35.4 Å². The molecule has 0 saturated carbocycles. The summed E-state index contributed by atoms with van der Waals surface area (Å²) in [6, 6.07) is 8.68. The second-order valence-corrected chi connectivity index (χ2v) is 5.32. The first-order chi connectivity index (χ1) is 8.24. The summed E-state index contributed by atoms with van der Waals surface area (Å²) >= 11 is 0. The molecule has 0 saturated heterocycles. The SMILES string of the molecule is CC(C)(C)C1=NN(c2ccccc2)C(=O)C1(O)O. The molecule has 0 unspecified atom stereocenters. The van der Waals surface area contributed by atoms with E-state index >= 15 is 0 Å². The monoisotopic (exact) mass is 248 g/mol. The van der Waals surface area contributed by atoms with Gasteiger partial charge in [0, 0.05) is 5.41 Å². The Labute approximate surface area is 105 Å². The average molecular weight is 248 g/mol. The molecular weight excluding hydrogens is 232 g/mol. The van der Waals surface area contributed by atoms with Gasteiger partial charge in [-0.3, -0.25) is 4.79 Å². The zero-order valence-corrected chi connectivity index (χ0v) is 10.6. The molecule has 1 aromatic carbocycles. The van der Waals surface area contributed by atoms with Gasteiger partial charge in [0.1, 0.15) is 5.71 Å². The van der Waals surface area contributed by atoms with Gasteiger partial charge in [0.15, 0.2) is 0 Å². The van der Waals surface area contributed by atoms with E-state index in [0.29, 0.717) is 5.69 Å². The Kier molecular flexibility index (Phi) is 2.76. The minimum atomic E-state index is -2.53. The molecule has 0 atom stereocenters. The highest BCUT2D eigenvalue weighted by Gasteiger charge is 2.53. The predicted molar refractivity (Wildman–Crippen MR) is 68.0 cm³/mol. The number of hydrogen-bond acceptors (Lipinski definition) is 4. The van der Waals surface area contributed by atoms with E-state index in [0.717, 1.165) is 5.01 Å². The smallest absolute Gasteiger partial charge is 0.313 e. The Balaban J connectivity index is 2.48. The summed E-state index contributed by atoms with van der Waals surface area (Å²) < 4.78 is 0. The van der Waals surface area contributed by atoms with Gasteiger partial charge in [-0.2, -0.15) is 10.1 Å². The standard InChI is InChI=1S/C13H16N2O3/c1-12(2,3)10-13(17,18)11(16)15(14-10)9-7-5-4-6-8-9/h4-8,17-18H,1-3H3. The lowest BCUT2D eigenvalue weighted by Crippen LogP contribution is -2.50. The lowest BCUT2D eigenvalue weighted by Gasteiger charge is -2.24. The number of hydrogen-bond donors (Lipinski definition) is 2. The van der Waals surface area contributed by atoms with E-state index in [-0.39, 0.29) is 5.71 Å². The zero-order chi connectivity index (χ0) is 13.6. The second-order valence-electron chi connectivity index (χ2n) is 5.32. The lowest BCUT2D eigenvalue weighted by atomic mass is 9.85. The fraction of sp³-hybridized carbons (Fsp3) is 0.385. The van der Waals surface area contributed by atoms with Crippen molar-refractivity contribution in [1.29, 1.82) is 0 Å². The maximum Gasteiger partial charge on any atom is 0.313 e. The maximum absolute atomic E-state index is 12.0. The zero-order valence-electron chi connectivity index (χ0n) is 10.6. The summed E-state index contributed by atoms with van der Waals surface area (Å²) in [5, 5.41) is 24.9. The van der Waals surface area contributed by atoms with E-state index in [1.807, 2.05) is 6.07 Å². The predicted octanol–water partition coefficient (Wildman–Crippen LogP) is 1.12. The quantitative estimate of drug-likeness (QED) is 0.731. The fourth-order valence-corrected chi connectivity index (χ4v) is 1.88. The summed E-state index contributed by atoms with van der Waals surface area (Å²) in [6.45, 7) is 5.32. The van der Waals surface area contributed by atoms with Crippen molar-refractivity contribution < 1.29 is 15.0 Å². The van der Waals surface area contributed by atoms with Gasteiger partial charge in [0.25, 0.3) is 5.79 Å². The van der Waals surface area contributed by atoms with E-state index in [1.54, 1.807) is 45.0 Å². The first kappa shape index (κ1) is 12.7. The first-order valence-electron chi connectivity index (χ1n) is 5.68. The molecule has 2 N–H and O–H groups in total. The van der Waals surface area contributed by atoms with Crippen LogP contribution < -0.4 is 5.01 Å². The van der Waals surface area contributed by atoms with Crippen LogP contribution in [-0.2, 0) is 4.79 Å². The lowest BCUT2D eigenvalue weighted by molar-refractivity contribution is -0.157. The number of hydrazone groups is 1. The highest BCUT2D eigenvalue weighted by molar-refractivity contribution is 6.21. The van der Waals surface area contributed by atoms with E-state index in [9.17, 15) is 15.0 Å². The number of nitrogens with zero attached hydrogens (tertiary/aromatic N) is 2. The molecule has 5 nitrogen and oxygen atoms in total. The molecule has 2 rings (SSSR count). The van der Waals surface area contributed by atoms with Crippen LogP contribution in [0.3, 0.4) is 0 Å². The molecule has 5 heteroatoms. The molecule has 0 fully saturated rings.